The number of amides is 1. The molecule has 0 aliphatic heterocycles. The summed E-state index contributed by atoms with van der Waals surface area (Å²) in [4.78, 5) is 17.3. The van der Waals surface area contributed by atoms with Gasteiger partial charge in [0.15, 0.2) is 5.13 Å². The minimum atomic E-state index is -0.265. The van der Waals surface area contributed by atoms with Crippen molar-refractivity contribution in [2.24, 2.45) is 0 Å². The van der Waals surface area contributed by atoms with E-state index in [0.717, 1.165) is 4.88 Å². The predicted octanol–water partition coefficient (Wildman–Crippen LogP) is 2.06. The maximum absolute atomic E-state index is 12.2. The van der Waals surface area contributed by atoms with Gasteiger partial charge in [-0.2, -0.15) is 0 Å². The third-order valence-corrected chi connectivity index (χ3v) is 3.43. The van der Waals surface area contributed by atoms with Crippen molar-refractivity contribution in [3.63, 3.8) is 0 Å². The molecule has 1 amide bonds. The maximum Gasteiger partial charge on any atom is 0.257 e. The van der Waals surface area contributed by atoms with E-state index in [-0.39, 0.29) is 12.5 Å². The minimum Gasteiger partial charge on any atom is -0.495 e. The standard InChI is InChI=1S/C15H14N2O3S/c1-10-9-16-15(21-10)17-14(19)12-5-6-13(20-2)11(8-12)4-3-7-18/h5-6,8-9,18H,7H2,1-2H3,(H,16,17,19). The van der Waals surface area contributed by atoms with Crippen LogP contribution in [0.5, 0.6) is 5.75 Å². The van der Waals surface area contributed by atoms with Crippen molar-refractivity contribution < 1.29 is 14.6 Å². The summed E-state index contributed by atoms with van der Waals surface area (Å²) in [5, 5.41) is 12.0. The van der Waals surface area contributed by atoms with Gasteiger partial charge in [0.25, 0.3) is 5.91 Å². The van der Waals surface area contributed by atoms with Gasteiger partial charge in [-0.3, -0.25) is 10.1 Å². The number of rotatable bonds is 3. The largest absolute Gasteiger partial charge is 0.495 e. The molecule has 6 heteroatoms. The van der Waals surface area contributed by atoms with Gasteiger partial charge in [-0.05, 0) is 25.1 Å². The molecule has 1 aromatic heterocycles. The molecule has 0 saturated carbocycles. The molecule has 0 spiro atoms. The Bertz CT molecular complexity index is 713. The van der Waals surface area contributed by atoms with E-state index in [1.165, 1.54) is 18.4 Å². The average molecular weight is 302 g/mol. The second kappa shape index (κ2) is 6.88. The molecule has 0 fully saturated rings. The van der Waals surface area contributed by atoms with Crippen LogP contribution in [0.3, 0.4) is 0 Å². The lowest BCUT2D eigenvalue weighted by molar-refractivity contribution is 0.102. The molecule has 5 nitrogen and oxygen atoms in total. The molecule has 0 saturated heterocycles. The van der Waals surface area contributed by atoms with Gasteiger partial charge in [-0.25, -0.2) is 4.98 Å². The van der Waals surface area contributed by atoms with Crippen molar-refractivity contribution in [2.45, 2.75) is 6.92 Å². The number of hydrogen-bond acceptors (Lipinski definition) is 5. The Hall–Kier alpha value is -2.36. The summed E-state index contributed by atoms with van der Waals surface area (Å²) in [5.74, 6) is 5.59. The van der Waals surface area contributed by atoms with Crippen LogP contribution < -0.4 is 10.1 Å². The molecule has 1 aromatic carbocycles. The van der Waals surface area contributed by atoms with Crippen LogP contribution in [0.4, 0.5) is 5.13 Å². The third-order valence-electron chi connectivity index (χ3n) is 2.61. The SMILES string of the molecule is COc1ccc(C(=O)Nc2ncc(C)s2)cc1C#CCO. The summed E-state index contributed by atoms with van der Waals surface area (Å²) in [6.07, 6.45) is 1.70. The predicted molar refractivity (Wildman–Crippen MR) is 81.8 cm³/mol. The number of nitrogens with zero attached hydrogens (tertiary/aromatic N) is 1. The summed E-state index contributed by atoms with van der Waals surface area (Å²) in [5.41, 5.74) is 1.00. The average Bonchev–Trinajstić information content (AvgIpc) is 2.89. The number of anilines is 1. The third kappa shape index (κ3) is 3.81. The number of methoxy groups -OCH3 is 1. The second-order valence-electron chi connectivity index (χ2n) is 4.11. The summed E-state index contributed by atoms with van der Waals surface area (Å²) >= 11 is 1.41. The Balaban J connectivity index is 2.24. The molecule has 21 heavy (non-hydrogen) atoms. The van der Waals surface area contributed by atoms with Crippen molar-refractivity contribution in [1.82, 2.24) is 4.98 Å². The van der Waals surface area contributed by atoms with Crippen LogP contribution in [0.25, 0.3) is 0 Å². The number of benzene rings is 1. The smallest absolute Gasteiger partial charge is 0.257 e. The van der Waals surface area contributed by atoms with Crippen LogP contribution in [-0.4, -0.2) is 29.7 Å². The Morgan fingerprint density at radius 2 is 2.33 bits per heavy atom. The maximum atomic E-state index is 12.2. The van der Waals surface area contributed by atoms with Gasteiger partial charge >= 0.3 is 0 Å². The molecule has 2 aromatic rings. The first-order valence-electron chi connectivity index (χ1n) is 6.15. The van der Waals surface area contributed by atoms with E-state index in [2.05, 4.69) is 22.1 Å². The number of carbonyl (C=O) groups is 1. The highest BCUT2D eigenvalue weighted by Crippen LogP contribution is 2.21. The number of aliphatic hydroxyl groups is 1. The Morgan fingerprint density at radius 1 is 1.52 bits per heavy atom. The second-order valence-corrected chi connectivity index (χ2v) is 5.34. The van der Waals surface area contributed by atoms with E-state index in [9.17, 15) is 4.79 Å². The zero-order valence-corrected chi connectivity index (χ0v) is 12.5. The fraction of sp³-hybridized carbons (Fsp3) is 0.200. The molecule has 2 N–H and O–H groups in total. The normalized spacial score (nSPS) is 9.67. The minimum absolute atomic E-state index is 0.252. The highest BCUT2D eigenvalue weighted by atomic mass is 32.1. The van der Waals surface area contributed by atoms with Crippen LogP contribution in [0.2, 0.25) is 0 Å². The van der Waals surface area contributed by atoms with Crippen LogP contribution >= 0.6 is 11.3 Å². The van der Waals surface area contributed by atoms with Crippen LogP contribution in [0.15, 0.2) is 24.4 Å². The molecule has 2 rings (SSSR count). The Morgan fingerprint density at radius 3 is 2.95 bits per heavy atom. The summed E-state index contributed by atoms with van der Waals surface area (Å²) in [7, 11) is 1.53. The van der Waals surface area contributed by atoms with Gasteiger partial charge in [0.1, 0.15) is 12.4 Å². The van der Waals surface area contributed by atoms with E-state index in [1.54, 1.807) is 24.4 Å². The van der Waals surface area contributed by atoms with Crippen molar-refractivity contribution in [3.05, 3.63) is 40.4 Å². The molecular formula is C15H14N2O3S. The van der Waals surface area contributed by atoms with Crippen molar-refractivity contribution in [2.75, 3.05) is 19.0 Å². The lowest BCUT2D eigenvalue weighted by atomic mass is 10.1. The van der Waals surface area contributed by atoms with Crippen LogP contribution in [0, 0.1) is 18.8 Å². The molecule has 0 aliphatic carbocycles. The van der Waals surface area contributed by atoms with Crippen molar-refractivity contribution >= 4 is 22.4 Å². The first-order chi connectivity index (χ1) is 10.1. The van der Waals surface area contributed by atoms with Gasteiger partial charge in [0, 0.05) is 16.6 Å². The number of nitrogens with one attached hydrogen (secondary N) is 1. The number of thiazole rings is 1. The molecule has 0 atom stereocenters. The fourth-order valence-corrected chi connectivity index (χ4v) is 2.32. The Labute approximate surface area is 126 Å². The summed E-state index contributed by atoms with van der Waals surface area (Å²) in [6, 6.07) is 4.94. The van der Waals surface area contributed by atoms with E-state index in [4.69, 9.17) is 9.84 Å². The van der Waals surface area contributed by atoms with Crippen LogP contribution in [0.1, 0.15) is 20.8 Å². The zero-order valence-electron chi connectivity index (χ0n) is 11.6. The fourth-order valence-electron chi connectivity index (χ4n) is 1.66. The molecule has 0 unspecified atom stereocenters. The molecule has 0 radical (unpaired) electrons. The Kier molecular flexibility index (Phi) is 4.93. The lowest BCUT2D eigenvalue weighted by Crippen LogP contribution is -2.11. The quantitative estimate of drug-likeness (QED) is 0.851. The topological polar surface area (TPSA) is 71.5 Å². The highest BCUT2D eigenvalue weighted by molar-refractivity contribution is 7.15. The highest BCUT2D eigenvalue weighted by Gasteiger charge is 2.11. The zero-order chi connectivity index (χ0) is 15.2. The molecule has 0 aliphatic rings. The number of aryl methyl sites for hydroxylation is 1. The molecule has 1 heterocycles. The van der Waals surface area contributed by atoms with Gasteiger partial charge in [0.05, 0.1) is 12.7 Å². The first-order valence-corrected chi connectivity index (χ1v) is 6.97. The van der Waals surface area contributed by atoms with Crippen molar-refractivity contribution in [3.8, 4) is 17.6 Å². The lowest BCUT2D eigenvalue weighted by Gasteiger charge is -2.06. The van der Waals surface area contributed by atoms with Crippen molar-refractivity contribution in [1.29, 1.82) is 0 Å². The van der Waals surface area contributed by atoms with E-state index < -0.39 is 0 Å². The van der Waals surface area contributed by atoms with Gasteiger partial charge in [-0.15, -0.1) is 11.3 Å². The van der Waals surface area contributed by atoms with Gasteiger partial charge in [0.2, 0.25) is 0 Å². The number of aliphatic hydroxyl groups excluding tert-OH is 1. The van der Waals surface area contributed by atoms with E-state index >= 15 is 0 Å². The van der Waals surface area contributed by atoms with Crippen LogP contribution in [-0.2, 0) is 0 Å². The number of ether oxygens (including phenoxy) is 1. The number of hydrogen-bond donors (Lipinski definition) is 2. The van der Waals surface area contributed by atoms with Gasteiger partial charge in [-0.1, -0.05) is 11.8 Å². The number of aromatic nitrogens is 1. The molecular weight excluding hydrogens is 288 g/mol. The molecule has 108 valence electrons. The van der Waals surface area contributed by atoms with E-state index in [0.29, 0.717) is 22.0 Å². The monoisotopic (exact) mass is 302 g/mol. The first kappa shape index (κ1) is 15.0. The van der Waals surface area contributed by atoms with Gasteiger partial charge < -0.3 is 9.84 Å². The summed E-state index contributed by atoms with van der Waals surface area (Å²) in [6.45, 7) is 1.67. The molecule has 0 bridgehead atoms. The summed E-state index contributed by atoms with van der Waals surface area (Å²) < 4.78 is 5.17. The van der Waals surface area contributed by atoms with E-state index in [1.807, 2.05) is 6.92 Å². The number of carbonyl (C=O) groups excluding carboxylic acids is 1.